The molecule has 18 heavy (non-hydrogen) atoms. The van der Waals surface area contributed by atoms with Gasteiger partial charge in [-0.25, -0.2) is 0 Å². The molecule has 94 valence electrons. The summed E-state index contributed by atoms with van der Waals surface area (Å²) in [6, 6.07) is 5.23. The zero-order valence-electron chi connectivity index (χ0n) is 9.82. The number of rotatable bonds is 2. The van der Waals surface area contributed by atoms with Crippen molar-refractivity contribution in [1.82, 2.24) is 15.5 Å². The number of nitrogens with one attached hydrogen (secondary N) is 1. The molecule has 0 atom stereocenters. The highest BCUT2D eigenvalue weighted by atomic mass is 35.5. The third kappa shape index (κ3) is 2.77. The summed E-state index contributed by atoms with van der Waals surface area (Å²) in [6.07, 6.45) is 4.41. The van der Waals surface area contributed by atoms with Crippen LogP contribution < -0.4 is 5.32 Å². The molecule has 1 aliphatic carbocycles. The number of amides is 1. The summed E-state index contributed by atoms with van der Waals surface area (Å²) in [4.78, 5) is 12.0. The molecule has 0 saturated heterocycles. The molecule has 0 radical (unpaired) electrons. The van der Waals surface area contributed by atoms with Crippen molar-refractivity contribution in [2.45, 2.75) is 37.6 Å². The highest BCUT2D eigenvalue weighted by molar-refractivity contribution is 6.29. The standard InChI is InChI=1S/C12H13ClN4O/c13-10-5-4-9(16-17-10)11(18)15-12(8-14)6-2-1-3-7-12/h4-5H,1-3,6-7H2,(H,15,18). The monoisotopic (exact) mass is 264 g/mol. The normalized spacial score (nSPS) is 17.8. The van der Waals surface area contributed by atoms with Gasteiger partial charge in [-0.05, 0) is 25.0 Å². The summed E-state index contributed by atoms with van der Waals surface area (Å²) in [5.41, 5.74) is -0.573. The Hall–Kier alpha value is -1.67. The SMILES string of the molecule is N#CC1(NC(=O)c2ccc(Cl)nn2)CCCCC1. The lowest BCUT2D eigenvalue weighted by Gasteiger charge is -2.31. The smallest absolute Gasteiger partial charge is 0.273 e. The van der Waals surface area contributed by atoms with Gasteiger partial charge >= 0.3 is 0 Å². The highest BCUT2D eigenvalue weighted by Crippen LogP contribution is 2.27. The fraction of sp³-hybridized carbons (Fsp3) is 0.500. The molecule has 1 aromatic rings. The molecular weight excluding hydrogens is 252 g/mol. The third-order valence-electron chi connectivity index (χ3n) is 3.14. The van der Waals surface area contributed by atoms with Crippen molar-refractivity contribution in [2.75, 3.05) is 0 Å². The lowest BCUT2D eigenvalue weighted by molar-refractivity contribution is 0.0896. The van der Waals surface area contributed by atoms with Crippen LogP contribution in [0.4, 0.5) is 0 Å². The van der Waals surface area contributed by atoms with Gasteiger partial charge in [0.15, 0.2) is 10.8 Å². The molecule has 1 fully saturated rings. The van der Waals surface area contributed by atoms with E-state index in [4.69, 9.17) is 11.6 Å². The minimum absolute atomic E-state index is 0.180. The first-order chi connectivity index (χ1) is 8.65. The van der Waals surface area contributed by atoms with Gasteiger partial charge in [-0.15, -0.1) is 10.2 Å². The summed E-state index contributed by atoms with van der Waals surface area (Å²) in [5.74, 6) is -0.373. The maximum atomic E-state index is 12.0. The van der Waals surface area contributed by atoms with Crippen molar-refractivity contribution in [3.8, 4) is 6.07 Å². The Kier molecular flexibility index (Phi) is 3.78. The van der Waals surface area contributed by atoms with Crippen LogP contribution in [0.25, 0.3) is 0 Å². The Morgan fingerprint density at radius 1 is 1.33 bits per heavy atom. The van der Waals surface area contributed by atoms with E-state index in [1.54, 1.807) is 0 Å². The van der Waals surface area contributed by atoms with Crippen molar-refractivity contribution in [2.24, 2.45) is 0 Å². The van der Waals surface area contributed by atoms with E-state index in [-0.39, 0.29) is 16.8 Å². The van der Waals surface area contributed by atoms with E-state index in [1.807, 2.05) is 0 Å². The molecular formula is C12H13ClN4O. The van der Waals surface area contributed by atoms with Gasteiger partial charge in [0.25, 0.3) is 5.91 Å². The van der Waals surface area contributed by atoms with Gasteiger partial charge in [0, 0.05) is 0 Å². The number of nitrogens with zero attached hydrogens (tertiary/aromatic N) is 3. The van der Waals surface area contributed by atoms with Gasteiger partial charge in [-0.3, -0.25) is 4.79 Å². The van der Waals surface area contributed by atoms with E-state index >= 15 is 0 Å². The van der Waals surface area contributed by atoms with E-state index < -0.39 is 5.54 Å². The van der Waals surface area contributed by atoms with Gasteiger partial charge < -0.3 is 5.32 Å². The number of halogens is 1. The number of carbonyl (C=O) groups is 1. The molecule has 1 heterocycles. The molecule has 1 saturated carbocycles. The van der Waals surface area contributed by atoms with Crippen molar-refractivity contribution in [3.05, 3.63) is 23.0 Å². The minimum Gasteiger partial charge on any atom is -0.332 e. The average Bonchev–Trinajstić information content (AvgIpc) is 2.40. The summed E-state index contributed by atoms with van der Waals surface area (Å²) in [5, 5.41) is 19.6. The minimum atomic E-state index is -0.753. The number of nitriles is 1. The van der Waals surface area contributed by atoms with Gasteiger partial charge in [0.05, 0.1) is 6.07 Å². The van der Waals surface area contributed by atoms with Crippen LogP contribution in [0, 0.1) is 11.3 Å². The van der Waals surface area contributed by atoms with Gasteiger partial charge in [-0.1, -0.05) is 30.9 Å². The Morgan fingerprint density at radius 2 is 2.06 bits per heavy atom. The first-order valence-electron chi connectivity index (χ1n) is 5.88. The third-order valence-corrected chi connectivity index (χ3v) is 3.34. The van der Waals surface area contributed by atoms with Crippen molar-refractivity contribution >= 4 is 17.5 Å². The van der Waals surface area contributed by atoms with Crippen LogP contribution in [0.2, 0.25) is 5.15 Å². The Bertz CT molecular complexity index is 474. The largest absolute Gasteiger partial charge is 0.332 e. The lowest BCUT2D eigenvalue weighted by Crippen LogP contribution is -2.48. The second kappa shape index (κ2) is 5.32. The van der Waals surface area contributed by atoms with E-state index in [1.165, 1.54) is 12.1 Å². The fourth-order valence-electron chi connectivity index (χ4n) is 2.14. The quantitative estimate of drug-likeness (QED) is 0.887. The lowest BCUT2D eigenvalue weighted by atomic mass is 9.83. The van der Waals surface area contributed by atoms with E-state index in [0.29, 0.717) is 12.8 Å². The van der Waals surface area contributed by atoms with Crippen molar-refractivity contribution < 1.29 is 4.79 Å². The summed E-state index contributed by atoms with van der Waals surface area (Å²) < 4.78 is 0. The molecule has 0 unspecified atom stereocenters. The van der Waals surface area contributed by atoms with Crippen LogP contribution in [0.5, 0.6) is 0 Å². The second-order valence-corrected chi connectivity index (χ2v) is 4.84. The molecule has 1 aliphatic rings. The average molecular weight is 265 g/mol. The van der Waals surface area contributed by atoms with Crippen LogP contribution in [-0.4, -0.2) is 21.6 Å². The highest BCUT2D eigenvalue weighted by Gasteiger charge is 2.34. The number of hydrogen-bond donors (Lipinski definition) is 1. The molecule has 1 N–H and O–H groups in total. The van der Waals surface area contributed by atoms with Crippen LogP contribution in [0.15, 0.2) is 12.1 Å². The molecule has 5 nitrogen and oxygen atoms in total. The number of aromatic nitrogens is 2. The van der Waals surface area contributed by atoms with Gasteiger partial charge in [-0.2, -0.15) is 5.26 Å². The molecule has 0 spiro atoms. The summed E-state index contributed by atoms with van der Waals surface area (Å²) in [6.45, 7) is 0. The zero-order chi connectivity index (χ0) is 13.0. The van der Waals surface area contributed by atoms with Gasteiger partial charge in [0.1, 0.15) is 5.54 Å². The van der Waals surface area contributed by atoms with Gasteiger partial charge in [0.2, 0.25) is 0 Å². The predicted molar refractivity (Wildman–Crippen MR) is 65.9 cm³/mol. The van der Waals surface area contributed by atoms with Crippen LogP contribution in [-0.2, 0) is 0 Å². The molecule has 6 heteroatoms. The van der Waals surface area contributed by atoms with Crippen molar-refractivity contribution in [1.29, 1.82) is 5.26 Å². The molecule has 1 aromatic heterocycles. The first kappa shape index (κ1) is 12.8. The maximum absolute atomic E-state index is 12.0. The number of carbonyl (C=O) groups excluding carboxylic acids is 1. The van der Waals surface area contributed by atoms with E-state index in [9.17, 15) is 10.1 Å². The zero-order valence-corrected chi connectivity index (χ0v) is 10.6. The Balaban J connectivity index is 2.10. The Labute approximate surface area is 110 Å². The Morgan fingerprint density at radius 3 is 2.61 bits per heavy atom. The van der Waals surface area contributed by atoms with Crippen LogP contribution >= 0.6 is 11.6 Å². The van der Waals surface area contributed by atoms with Crippen molar-refractivity contribution in [3.63, 3.8) is 0 Å². The fourth-order valence-corrected chi connectivity index (χ4v) is 2.24. The summed E-state index contributed by atoms with van der Waals surface area (Å²) >= 11 is 5.61. The van der Waals surface area contributed by atoms with Crippen LogP contribution in [0.3, 0.4) is 0 Å². The topological polar surface area (TPSA) is 78.7 Å². The number of hydrogen-bond acceptors (Lipinski definition) is 4. The molecule has 1 amide bonds. The first-order valence-corrected chi connectivity index (χ1v) is 6.26. The van der Waals surface area contributed by atoms with E-state index in [0.717, 1.165) is 19.3 Å². The predicted octanol–water partition coefficient (Wildman–Crippen LogP) is 2.09. The van der Waals surface area contributed by atoms with Crippen LogP contribution in [0.1, 0.15) is 42.6 Å². The summed E-state index contributed by atoms with van der Waals surface area (Å²) in [7, 11) is 0. The second-order valence-electron chi connectivity index (χ2n) is 4.45. The van der Waals surface area contributed by atoms with E-state index in [2.05, 4.69) is 21.6 Å². The molecule has 0 bridgehead atoms. The molecule has 0 aromatic carbocycles. The maximum Gasteiger partial charge on any atom is 0.273 e. The molecule has 0 aliphatic heterocycles. The molecule has 2 rings (SSSR count).